The van der Waals surface area contributed by atoms with Gasteiger partial charge in [0.15, 0.2) is 6.29 Å². The molecule has 1 heterocycles. The number of hydrogen-bond donors (Lipinski definition) is 0. The Morgan fingerprint density at radius 3 is 2.80 bits per heavy atom. The SMILES string of the molecule is COc1ccc(C)c2c(Cl)c(C=O)sc12. The van der Waals surface area contributed by atoms with Gasteiger partial charge in [0.2, 0.25) is 0 Å². The van der Waals surface area contributed by atoms with E-state index in [0.29, 0.717) is 9.90 Å². The van der Waals surface area contributed by atoms with Crippen LogP contribution in [0, 0.1) is 6.92 Å². The summed E-state index contributed by atoms with van der Waals surface area (Å²) in [5.74, 6) is 0.760. The Bertz CT molecular complexity index is 531. The molecule has 0 bridgehead atoms. The maximum atomic E-state index is 10.8. The number of hydrogen-bond acceptors (Lipinski definition) is 3. The van der Waals surface area contributed by atoms with E-state index in [0.717, 1.165) is 27.7 Å². The zero-order valence-corrected chi connectivity index (χ0v) is 9.91. The number of aryl methyl sites for hydroxylation is 1. The smallest absolute Gasteiger partial charge is 0.161 e. The highest BCUT2D eigenvalue weighted by Gasteiger charge is 2.14. The van der Waals surface area contributed by atoms with Crippen LogP contribution in [0.1, 0.15) is 15.2 Å². The molecule has 0 aliphatic carbocycles. The van der Waals surface area contributed by atoms with Crippen LogP contribution in [0.25, 0.3) is 10.1 Å². The van der Waals surface area contributed by atoms with Crippen molar-refractivity contribution in [3.05, 3.63) is 27.6 Å². The second-order valence-electron chi connectivity index (χ2n) is 3.19. The molecule has 0 saturated carbocycles. The molecule has 2 nitrogen and oxygen atoms in total. The number of thiophene rings is 1. The molecule has 0 aliphatic rings. The average molecular weight is 241 g/mol. The molecular formula is C11H9ClO2S. The fourth-order valence-corrected chi connectivity index (χ4v) is 3.09. The number of carbonyl (C=O) groups excluding carboxylic acids is 1. The summed E-state index contributed by atoms with van der Waals surface area (Å²) in [6.45, 7) is 1.97. The van der Waals surface area contributed by atoms with Crippen molar-refractivity contribution in [3.63, 3.8) is 0 Å². The van der Waals surface area contributed by atoms with Crippen molar-refractivity contribution >= 4 is 39.3 Å². The summed E-state index contributed by atoms with van der Waals surface area (Å²) in [6.07, 6.45) is 0.784. The standard InChI is InChI=1S/C11H9ClO2S/c1-6-3-4-7(14-2)11-9(6)10(12)8(5-13)15-11/h3-5H,1-2H3. The normalized spacial score (nSPS) is 10.6. The van der Waals surface area contributed by atoms with E-state index < -0.39 is 0 Å². The van der Waals surface area contributed by atoms with Gasteiger partial charge in [0, 0.05) is 5.39 Å². The largest absolute Gasteiger partial charge is 0.495 e. The van der Waals surface area contributed by atoms with Crippen LogP contribution in [0.2, 0.25) is 5.02 Å². The molecule has 0 saturated heterocycles. The molecule has 78 valence electrons. The summed E-state index contributed by atoms with van der Waals surface area (Å²) >= 11 is 7.48. The van der Waals surface area contributed by atoms with Crippen LogP contribution in [0.4, 0.5) is 0 Å². The van der Waals surface area contributed by atoms with Crippen LogP contribution >= 0.6 is 22.9 Å². The summed E-state index contributed by atoms with van der Waals surface area (Å²) in [5, 5.41) is 1.45. The Hall–Kier alpha value is -1.06. The van der Waals surface area contributed by atoms with E-state index in [4.69, 9.17) is 16.3 Å². The minimum atomic E-state index is 0.529. The van der Waals surface area contributed by atoms with Crippen molar-refractivity contribution in [2.24, 2.45) is 0 Å². The second-order valence-corrected chi connectivity index (χ2v) is 4.62. The first-order chi connectivity index (χ1) is 7.19. The summed E-state index contributed by atoms with van der Waals surface area (Å²) < 4.78 is 6.17. The Morgan fingerprint density at radius 1 is 1.47 bits per heavy atom. The number of ether oxygens (including phenoxy) is 1. The molecule has 0 atom stereocenters. The van der Waals surface area contributed by atoms with E-state index in [1.54, 1.807) is 7.11 Å². The average Bonchev–Trinajstić information content (AvgIpc) is 2.57. The molecule has 0 unspecified atom stereocenters. The molecule has 4 heteroatoms. The number of rotatable bonds is 2. The van der Waals surface area contributed by atoms with Gasteiger partial charge in [0.1, 0.15) is 5.75 Å². The van der Waals surface area contributed by atoms with E-state index in [1.807, 2.05) is 19.1 Å². The minimum Gasteiger partial charge on any atom is -0.495 e. The van der Waals surface area contributed by atoms with Gasteiger partial charge in [-0.1, -0.05) is 17.7 Å². The topological polar surface area (TPSA) is 26.3 Å². The van der Waals surface area contributed by atoms with Gasteiger partial charge >= 0.3 is 0 Å². The molecule has 0 spiro atoms. The molecule has 0 N–H and O–H groups in total. The Balaban J connectivity index is 2.91. The van der Waals surface area contributed by atoms with Gasteiger partial charge in [0.05, 0.1) is 21.7 Å². The fraction of sp³-hybridized carbons (Fsp3) is 0.182. The zero-order chi connectivity index (χ0) is 11.0. The molecule has 0 radical (unpaired) electrons. The zero-order valence-electron chi connectivity index (χ0n) is 8.33. The number of carbonyl (C=O) groups is 1. The lowest BCUT2D eigenvalue weighted by molar-refractivity contribution is 0.112. The van der Waals surface area contributed by atoms with Gasteiger partial charge in [0.25, 0.3) is 0 Å². The summed E-state index contributed by atoms with van der Waals surface area (Å²) in [6, 6.07) is 3.83. The number of methoxy groups -OCH3 is 1. The molecule has 15 heavy (non-hydrogen) atoms. The maximum Gasteiger partial charge on any atom is 0.161 e. The third-order valence-electron chi connectivity index (χ3n) is 2.30. The lowest BCUT2D eigenvalue weighted by atomic mass is 10.1. The van der Waals surface area contributed by atoms with Crippen molar-refractivity contribution in [3.8, 4) is 5.75 Å². The van der Waals surface area contributed by atoms with E-state index in [9.17, 15) is 4.79 Å². The van der Waals surface area contributed by atoms with Gasteiger partial charge in [-0.15, -0.1) is 11.3 Å². The van der Waals surface area contributed by atoms with Gasteiger partial charge in [-0.2, -0.15) is 0 Å². The highest BCUT2D eigenvalue weighted by molar-refractivity contribution is 7.21. The Labute approximate surface area is 96.4 Å². The third kappa shape index (κ3) is 1.52. The van der Waals surface area contributed by atoms with Crippen molar-refractivity contribution in [2.75, 3.05) is 7.11 Å². The van der Waals surface area contributed by atoms with Gasteiger partial charge in [-0.25, -0.2) is 0 Å². The molecule has 0 amide bonds. The van der Waals surface area contributed by atoms with Crippen LogP contribution in [0.15, 0.2) is 12.1 Å². The molecule has 2 aromatic rings. The van der Waals surface area contributed by atoms with Crippen molar-refractivity contribution in [1.82, 2.24) is 0 Å². The first kappa shape index (κ1) is 10.5. The van der Waals surface area contributed by atoms with Crippen molar-refractivity contribution in [1.29, 1.82) is 0 Å². The molecule has 1 aromatic carbocycles. The number of aldehydes is 1. The molecule has 0 aliphatic heterocycles. The van der Waals surface area contributed by atoms with Crippen molar-refractivity contribution in [2.45, 2.75) is 6.92 Å². The Morgan fingerprint density at radius 2 is 2.20 bits per heavy atom. The van der Waals surface area contributed by atoms with Crippen molar-refractivity contribution < 1.29 is 9.53 Å². The van der Waals surface area contributed by atoms with Crippen LogP contribution in [0.5, 0.6) is 5.75 Å². The summed E-state index contributed by atoms with van der Waals surface area (Å²) in [5.41, 5.74) is 1.06. The van der Waals surface area contributed by atoms with Crippen LogP contribution in [-0.2, 0) is 0 Å². The van der Waals surface area contributed by atoms with Gasteiger partial charge < -0.3 is 4.74 Å². The number of benzene rings is 1. The summed E-state index contributed by atoms with van der Waals surface area (Å²) in [7, 11) is 1.61. The fourth-order valence-electron chi connectivity index (χ4n) is 1.55. The van der Waals surface area contributed by atoms with E-state index in [-0.39, 0.29) is 0 Å². The van der Waals surface area contributed by atoms with E-state index in [1.165, 1.54) is 11.3 Å². The quantitative estimate of drug-likeness (QED) is 0.749. The maximum absolute atomic E-state index is 10.8. The molecular weight excluding hydrogens is 232 g/mol. The molecule has 0 fully saturated rings. The van der Waals surface area contributed by atoms with Crippen LogP contribution < -0.4 is 4.74 Å². The minimum absolute atomic E-state index is 0.529. The highest BCUT2D eigenvalue weighted by Crippen LogP contribution is 2.41. The number of fused-ring (bicyclic) bond motifs is 1. The monoisotopic (exact) mass is 240 g/mol. The molecule has 1 aromatic heterocycles. The Kier molecular flexibility index (Phi) is 2.67. The highest BCUT2D eigenvalue weighted by atomic mass is 35.5. The van der Waals surface area contributed by atoms with Gasteiger partial charge in [-0.3, -0.25) is 4.79 Å². The first-order valence-electron chi connectivity index (χ1n) is 4.39. The lowest BCUT2D eigenvalue weighted by Crippen LogP contribution is -1.83. The van der Waals surface area contributed by atoms with Crippen LogP contribution in [0.3, 0.4) is 0 Å². The summed E-state index contributed by atoms with van der Waals surface area (Å²) in [4.78, 5) is 11.3. The van der Waals surface area contributed by atoms with E-state index >= 15 is 0 Å². The third-order valence-corrected chi connectivity index (χ3v) is 3.94. The van der Waals surface area contributed by atoms with E-state index in [2.05, 4.69) is 0 Å². The first-order valence-corrected chi connectivity index (χ1v) is 5.59. The lowest BCUT2D eigenvalue weighted by Gasteiger charge is -2.03. The second kappa shape index (κ2) is 3.83. The predicted octanol–water partition coefficient (Wildman–Crippen LogP) is 3.68. The van der Waals surface area contributed by atoms with Gasteiger partial charge in [-0.05, 0) is 18.6 Å². The van der Waals surface area contributed by atoms with Crippen LogP contribution in [-0.4, -0.2) is 13.4 Å². The molecule has 2 rings (SSSR count). The predicted molar refractivity (Wildman–Crippen MR) is 63.5 cm³/mol. The number of halogens is 1.